The third-order valence-corrected chi connectivity index (χ3v) is 6.27. The molecule has 3 aromatic rings. The summed E-state index contributed by atoms with van der Waals surface area (Å²) in [5.74, 6) is -1.45. The van der Waals surface area contributed by atoms with Crippen LogP contribution in [0.1, 0.15) is 65.1 Å². The standard InChI is InChI=1S/C28H29N3O5/c1-19(32)21-11-7-14-23(17-21)31(25(33)18-29-27(34)24-15-8-16-36-24)26(20-9-3-2-4-10-20)28(35)30-22-12-5-6-13-22/h2-4,7-11,14-17,22,26H,5-6,12-13,18H2,1H3,(H,29,34)(H,30,35). The van der Waals surface area contributed by atoms with Crippen molar-refractivity contribution in [2.24, 2.45) is 0 Å². The molecule has 3 amide bonds. The number of hydrogen-bond acceptors (Lipinski definition) is 5. The van der Waals surface area contributed by atoms with Crippen LogP contribution in [0, 0.1) is 0 Å². The second-order valence-electron chi connectivity index (χ2n) is 8.83. The summed E-state index contributed by atoms with van der Waals surface area (Å²) in [5, 5.41) is 5.67. The summed E-state index contributed by atoms with van der Waals surface area (Å²) in [6, 6.07) is 17.7. The Morgan fingerprint density at radius 3 is 2.39 bits per heavy atom. The topological polar surface area (TPSA) is 109 Å². The van der Waals surface area contributed by atoms with Gasteiger partial charge in [0, 0.05) is 17.3 Å². The van der Waals surface area contributed by atoms with Crippen LogP contribution in [0.25, 0.3) is 0 Å². The molecule has 8 heteroatoms. The van der Waals surface area contributed by atoms with Gasteiger partial charge < -0.3 is 15.1 Å². The molecule has 1 unspecified atom stereocenters. The Hall–Kier alpha value is -4.20. The zero-order valence-corrected chi connectivity index (χ0v) is 20.1. The van der Waals surface area contributed by atoms with Crippen LogP contribution in [0.15, 0.2) is 77.4 Å². The van der Waals surface area contributed by atoms with Crippen LogP contribution in [-0.2, 0) is 9.59 Å². The van der Waals surface area contributed by atoms with Gasteiger partial charge in [0.25, 0.3) is 5.91 Å². The van der Waals surface area contributed by atoms with Gasteiger partial charge in [-0.25, -0.2) is 0 Å². The first-order chi connectivity index (χ1) is 17.4. The molecule has 0 bridgehead atoms. The lowest BCUT2D eigenvalue weighted by molar-refractivity contribution is -0.126. The highest BCUT2D eigenvalue weighted by atomic mass is 16.3. The highest BCUT2D eigenvalue weighted by Crippen LogP contribution is 2.30. The van der Waals surface area contributed by atoms with E-state index < -0.39 is 17.9 Å². The summed E-state index contributed by atoms with van der Waals surface area (Å²) in [4.78, 5) is 53.2. The van der Waals surface area contributed by atoms with Gasteiger partial charge in [-0.2, -0.15) is 0 Å². The number of benzene rings is 2. The van der Waals surface area contributed by atoms with Crippen molar-refractivity contribution in [1.29, 1.82) is 0 Å². The van der Waals surface area contributed by atoms with Gasteiger partial charge >= 0.3 is 0 Å². The Morgan fingerprint density at radius 2 is 1.72 bits per heavy atom. The lowest BCUT2D eigenvalue weighted by Gasteiger charge is -2.32. The SMILES string of the molecule is CC(=O)c1cccc(N(C(=O)CNC(=O)c2ccco2)C(C(=O)NC2CCCC2)c2ccccc2)c1. The van der Waals surface area contributed by atoms with E-state index >= 15 is 0 Å². The summed E-state index contributed by atoms with van der Waals surface area (Å²) in [6.07, 6.45) is 5.24. The van der Waals surface area contributed by atoms with Crippen LogP contribution in [0.2, 0.25) is 0 Å². The summed E-state index contributed by atoms with van der Waals surface area (Å²) < 4.78 is 5.11. The van der Waals surface area contributed by atoms with Crippen molar-refractivity contribution in [3.05, 3.63) is 89.9 Å². The van der Waals surface area contributed by atoms with E-state index in [1.807, 2.05) is 6.07 Å². The first kappa shape index (κ1) is 24.9. The maximum Gasteiger partial charge on any atom is 0.287 e. The molecule has 1 aromatic heterocycles. The first-order valence-corrected chi connectivity index (χ1v) is 12.0. The summed E-state index contributed by atoms with van der Waals surface area (Å²) in [6.45, 7) is 1.07. The number of nitrogens with one attached hydrogen (secondary N) is 2. The van der Waals surface area contributed by atoms with Crippen molar-refractivity contribution in [1.82, 2.24) is 10.6 Å². The molecule has 0 aliphatic heterocycles. The van der Waals surface area contributed by atoms with Gasteiger partial charge in [-0.1, -0.05) is 55.3 Å². The van der Waals surface area contributed by atoms with Crippen molar-refractivity contribution in [3.8, 4) is 0 Å². The van der Waals surface area contributed by atoms with Gasteiger partial charge in [-0.05, 0) is 49.6 Å². The van der Waals surface area contributed by atoms with Crippen molar-refractivity contribution < 1.29 is 23.6 Å². The van der Waals surface area contributed by atoms with Gasteiger partial charge in [0.2, 0.25) is 11.8 Å². The molecule has 1 fully saturated rings. The van der Waals surface area contributed by atoms with Gasteiger partial charge in [-0.3, -0.25) is 24.1 Å². The second-order valence-corrected chi connectivity index (χ2v) is 8.83. The number of carbonyl (C=O) groups is 4. The number of ketones is 1. The van der Waals surface area contributed by atoms with Crippen molar-refractivity contribution in [2.45, 2.75) is 44.7 Å². The van der Waals surface area contributed by atoms with E-state index in [1.165, 1.54) is 24.2 Å². The number of nitrogens with zero attached hydrogens (tertiary/aromatic N) is 1. The molecule has 1 saturated carbocycles. The predicted molar refractivity (Wildman–Crippen MR) is 135 cm³/mol. The molecule has 8 nitrogen and oxygen atoms in total. The molecule has 4 rings (SSSR count). The number of anilines is 1. The molecule has 1 atom stereocenters. The van der Waals surface area contributed by atoms with Crippen LogP contribution in [0.4, 0.5) is 5.69 Å². The fraction of sp³-hybridized carbons (Fsp3) is 0.286. The van der Waals surface area contributed by atoms with E-state index in [0.29, 0.717) is 16.8 Å². The molecule has 0 spiro atoms. The Kier molecular flexibility index (Phi) is 7.95. The number of carbonyl (C=O) groups excluding carboxylic acids is 4. The lowest BCUT2D eigenvalue weighted by Crippen LogP contribution is -2.49. The maximum atomic E-state index is 13.7. The molecule has 0 saturated heterocycles. The molecular weight excluding hydrogens is 458 g/mol. The summed E-state index contributed by atoms with van der Waals surface area (Å²) in [5.41, 5.74) is 1.41. The van der Waals surface area contributed by atoms with E-state index in [0.717, 1.165) is 25.7 Å². The van der Waals surface area contributed by atoms with Gasteiger partial charge in [0.1, 0.15) is 6.04 Å². The van der Waals surface area contributed by atoms with E-state index in [1.54, 1.807) is 54.6 Å². The Balaban J connectivity index is 1.70. The van der Waals surface area contributed by atoms with Crippen LogP contribution >= 0.6 is 0 Å². The highest BCUT2D eigenvalue weighted by Gasteiger charge is 2.34. The third-order valence-electron chi connectivity index (χ3n) is 6.27. The Morgan fingerprint density at radius 1 is 0.972 bits per heavy atom. The molecule has 186 valence electrons. The molecule has 2 N–H and O–H groups in total. The van der Waals surface area contributed by atoms with E-state index in [9.17, 15) is 19.2 Å². The minimum atomic E-state index is -0.998. The molecule has 0 radical (unpaired) electrons. The van der Waals surface area contributed by atoms with Crippen LogP contribution < -0.4 is 15.5 Å². The van der Waals surface area contributed by atoms with Crippen LogP contribution in [0.5, 0.6) is 0 Å². The Bertz CT molecular complexity index is 1220. The smallest absolute Gasteiger partial charge is 0.287 e. The van der Waals surface area contributed by atoms with Gasteiger partial charge in [0.15, 0.2) is 11.5 Å². The average molecular weight is 488 g/mol. The van der Waals surface area contributed by atoms with Crippen molar-refractivity contribution in [3.63, 3.8) is 0 Å². The van der Waals surface area contributed by atoms with Gasteiger partial charge in [0.05, 0.1) is 12.8 Å². The quantitative estimate of drug-likeness (QED) is 0.443. The van der Waals surface area contributed by atoms with E-state index in [4.69, 9.17) is 4.42 Å². The van der Waals surface area contributed by atoms with Crippen molar-refractivity contribution in [2.75, 3.05) is 11.4 Å². The predicted octanol–water partition coefficient (Wildman–Crippen LogP) is 4.05. The normalized spacial score (nSPS) is 14.1. The number of Topliss-reactive ketones (excluding diaryl/α,β-unsaturated/α-hetero) is 1. The zero-order chi connectivity index (χ0) is 25.5. The van der Waals surface area contributed by atoms with E-state index in [-0.39, 0.29) is 30.0 Å². The first-order valence-electron chi connectivity index (χ1n) is 12.0. The average Bonchev–Trinajstić information content (AvgIpc) is 3.61. The maximum absolute atomic E-state index is 13.7. The Labute approximate surface area is 209 Å². The third kappa shape index (κ3) is 5.89. The fourth-order valence-corrected chi connectivity index (χ4v) is 4.45. The van der Waals surface area contributed by atoms with Gasteiger partial charge in [-0.15, -0.1) is 0 Å². The monoisotopic (exact) mass is 487 g/mol. The minimum Gasteiger partial charge on any atom is -0.459 e. The molecule has 36 heavy (non-hydrogen) atoms. The molecular formula is C28H29N3O5. The largest absolute Gasteiger partial charge is 0.459 e. The van der Waals surface area contributed by atoms with E-state index in [2.05, 4.69) is 10.6 Å². The molecule has 2 aromatic carbocycles. The van der Waals surface area contributed by atoms with Crippen molar-refractivity contribution >= 4 is 29.2 Å². The number of amides is 3. The number of furan rings is 1. The lowest BCUT2D eigenvalue weighted by atomic mass is 10.0. The van der Waals surface area contributed by atoms with Crippen LogP contribution in [0.3, 0.4) is 0 Å². The molecule has 1 aliphatic rings. The zero-order valence-electron chi connectivity index (χ0n) is 20.1. The summed E-state index contributed by atoms with van der Waals surface area (Å²) in [7, 11) is 0. The van der Waals surface area contributed by atoms with Crippen LogP contribution in [-0.4, -0.2) is 36.1 Å². The second kappa shape index (κ2) is 11.5. The fourth-order valence-electron chi connectivity index (χ4n) is 4.45. The summed E-state index contributed by atoms with van der Waals surface area (Å²) >= 11 is 0. The molecule has 1 aliphatic carbocycles. The minimum absolute atomic E-state index is 0.0443. The highest BCUT2D eigenvalue weighted by molar-refractivity contribution is 6.05. The molecule has 1 heterocycles. The number of hydrogen-bond donors (Lipinski definition) is 2. The number of rotatable bonds is 9.